The molecule has 0 bridgehead atoms. The summed E-state index contributed by atoms with van der Waals surface area (Å²) in [5.41, 5.74) is 6.28. The molecule has 1 amide bonds. The third kappa shape index (κ3) is 4.84. The summed E-state index contributed by atoms with van der Waals surface area (Å²) in [6.45, 7) is 2.07. The zero-order chi connectivity index (χ0) is 18.4. The van der Waals surface area contributed by atoms with E-state index < -0.39 is 0 Å². The molecule has 0 saturated heterocycles. The number of nitrogens with one attached hydrogen (secondary N) is 1. The molecule has 0 unspecified atom stereocenters. The zero-order valence-electron chi connectivity index (χ0n) is 14.6. The van der Waals surface area contributed by atoms with Gasteiger partial charge in [-0.2, -0.15) is 0 Å². The number of alkyl halides is 1. The molecule has 3 aromatic carbocycles. The first kappa shape index (κ1) is 18.0. The molecule has 0 atom stereocenters. The second kappa shape index (κ2) is 8.50. The monoisotopic (exact) mass is 361 g/mol. The number of hydrogen-bond acceptors (Lipinski definition) is 1. The van der Waals surface area contributed by atoms with Crippen molar-refractivity contribution in [2.75, 3.05) is 5.32 Å². The van der Waals surface area contributed by atoms with Gasteiger partial charge in [0.1, 0.15) is 0 Å². The molecule has 0 radical (unpaired) electrons. The lowest BCUT2D eigenvalue weighted by atomic mass is 10.0. The van der Waals surface area contributed by atoms with Crippen LogP contribution in [0.3, 0.4) is 0 Å². The molecule has 130 valence electrons. The van der Waals surface area contributed by atoms with Gasteiger partial charge in [-0.3, -0.25) is 4.79 Å². The first-order valence-corrected chi connectivity index (χ1v) is 8.98. The zero-order valence-corrected chi connectivity index (χ0v) is 15.3. The van der Waals surface area contributed by atoms with Crippen LogP contribution in [-0.2, 0) is 10.7 Å². The minimum Gasteiger partial charge on any atom is -0.323 e. The third-order valence-corrected chi connectivity index (χ3v) is 4.38. The highest BCUT2D eigenvalue weighted by atomic mass is 35.5. The molecule has 3 rings (SSSR count). The molecule has 0 aliphatic rings. The van der Waals surface area contributed by atoms with Crippen molar-refractivity contribution in [3.8, 4) is 11.1 Å². The van der Waals surface area contributed by atoms with Gasteiger partial charge in [0.25, 0.3) is 0 Å². The fourth-order valence-electron chi connectivity index (χ4n) is 2.60. The van der Waals surface area contributed by atoms with Crippen LogP contribution in [0.25, 0.3) is 17.2 Å². The maximum absolute atomic E-state index is 12.1. The van der Waals surface area contributed by atoms with Gasteiger partial charge in [-0.1, -0.05) is 60.2 Å². The van der Waals surface area contributed by atoms with Gasteiger partial charge in [-0.25, -0.2) is 0 Å². The highest BCUT2D eigenvalue weighted by Crippen LogP contribution is 2.21. The fourth-order valence-corrected chi connectivity index (χ4v) is 2.78. The SMILES string of the molecule is Cc1ccc(-c2cccc(C=CC(=O)Nc3ccc(CCl)cc3)c2)cc1. The van der Waals surface area contributed by atoms with Crippen LogP contribution in [0.15, 0.2) is 78.9 Å². The number of halogens is 1. The first-order valence-electron chi connectivity index (χ1n) is 8.45. The number of carbonyl (C=O) groups is 1. The van der Waals surface area contributed by atoms with E-state index in [0.717, 1.165) is 27.9 Å². The Balaban J connectivity index is 1.68. The lowest BCUT2D eigenvalue weighted by Gasteiger charge is -2.04. The number of benzene rings is 3. The van der Waals surface area contributed by atoms with Gasteiger partial charge < -0.3 is 5.32 Å². The average molecular weight is 362 g/mol. The second-order valence-electron chi connectivity index (χ2n) is 6.14. The van der Waals surface area contributed by atoms with Crippen molar-refractivity contribution < 1.29 is 4.79 Å². The molecule has 0 heterocycles. The number of amides is 1. The first-order chi connectivity index (χ1) is 12.6. The van der Waals surface area contributed by atoms with Gasteiger partial charge in [0.05, 0.1) is 0 Å². The van der Waals surface area contributed by atoms with E-state index in [1.165, 1.54) is 5.56 Å². The molecule has 0 spiro atoms. The van der Waals surface area contributed by atoms with Crippen molar-refractivity contribution in [1.29, 1.82) is 0 Å². The van der Waals surface area contributed by atoms with Crippen molar-refractivity contribution >= 4 is 29.3 Å². The maximum Gasteiger partial charge on any atom is 0.248 e. The van der Waals surface area contributed by atoms with E-state index in [1.54, 1.807) is 6.08 Å². The summed E-state index contributed by atoms with van der Waals surface area (Å²) >= 11 is 5.77. The molecular weight excluding hydrogens is 342 g/mol. The third-order valence-electron chi connectivity index (χ3n) is 4.07. The van der Waals surface area contributed by atoms with E-state index in [-0.39, 0.29) is 5.91 Å². The van der Waals surface area contributed by atoms with Crippen LogP contribution in [0.5, 0.6) is 0 Å². The van der Waals surface area contributed by atoms with Crippen LogP contribution < -0.4 is 5.32 Å². The number of anilines is 1. The predicted molar refractivity (Wildman–Crippen MR) is 110 cm³/mol. The summed E-state index contributed by atoms with van der Waals surface area (Å²) in [4.78, 5) is 12.1. The summed E-state index contributed by atoms with van der Waals surface area (Å²) in [7, 11) is 0. The molecule has 3 aromatic rings. The largest absolute Gasteiger partial charge is 0.323 e. The van der Waals surface area contributed by atoms with Crippen molar-refractivity contribution in [3.05, 3.63) is 95.6 Å². The van der Waals surface area contributed by atoms with Crippen molar-refractivity contribution in [2.24, 2.45) is 0 Å². The number of aryl methyl sites for hydroxylation is 1. The Hall–Kier alpha value is -2.84. The Morgan fingerprint density at radius 1 is 0.962 bits per heavy atom. The van der Waals surface area contributed by atoms with E-state index in [2.05, 4.69) is 48.6 Å². The molecular formula is C23H20ClNO. The van der Waals surface area contributed by atoms with Crippen molar-refractivity contribution in [3.63, 3.8) is 0 Å². The Morgan fingerprint density at radius 3 is 2.38 bits per heavy atom. The van der Waals surface area contributed by atoms with Crippen LogP contribution in [0.4, 0.5) is 5.69 Å². The van der Waals surface area contributed by atoms with E-state index >= 15 is 0 Å². The Bertz CT molecular complexity index is 912. The van der Waals surface area contributed by atoms with Gasteiger partial charge >= 0.3 is 0 Å². The fraction of sp³-hybridized carbons (Fsp3) is 0.0870. The second-order valence-corrected chi connectivity index (χ2v) is 6.41. The standard InChI is InChI=1S/C23H20ClNO/c1-17-5-10-20(11-6-17)21-4-2-3-18(15-21)9-14-23(26)25-22-12-7-19(16-24)8-13-22/h2-15H,16H2,1H3,(H,25,26). The molecule has 0 fully saturated rings. The molecule has 0 aliphatic heterocycles. The van der Waals surface area contributed by atoms with Crippen molar-refractivity contribution in [2.45, 2.75) is 12.8 Å². The molecule has 0 saturated carbocycles. The van der Waals surface area contributed by atoms with E-state index in [1.807, 2.05) is 42.5 Å². The number of hydrogen-bond donors (Lipinski definition) is 1. The Morgan fingerprint density at radius 2 is 1.69 bits per heavy atom. The van der Waals surface area contributed by atoms with Gasteiger partial charge in [-0.15, -0.1) is 11.6 Å². The Kier molecular flexibility index (Phi) is 5.88. The summed E-state index contributed by atoms with van der Waals surface area (Å²) in [6, 6.07) is 24.0. The highest BCUT2D eigenvalue weighted by Gasteiger charge is 2.00. The molecule has 0 aromatic heterocycles. The quantitative estimate of drug-likeness (QED) is 0.434. The van der Waals surface area contributed by atoms with Crippen LogP contribution in [0.1, 0.15) is 16.7 Å². The van der Waals surface area contributed by atoms with Gasteiger partial charge in [0.15, 0.2) is 0 Å². The summed E-state index contributed by atoms with van der Waals surface area (Å²) < 4.78 is 0. The summed E-state index contributed by atoms with van der Waals surface area (Å²) in [5, 5.41) is 2.85. The van der Waals surface area contributed by atoms with Crippen LogP contribution >= 0.6 is 11.6 Å². The molecule has 0 aliphatic carbocycles. The molecule has 3 heteroatoms. The van der Waals surface area contributed by atoms with Crippen LogP contribution in [0.2, 0.25) is 0 Å². The van der Waals surface area contributed by atoms with E-state index in [0.29, 0.717) is 5.88 Å². The molecule has 26 heavy (non-hydrogen) atoms. The smallest absolute Gasteiger partial charge is 0.248 e. The molecule has 2 nitrogen and oxygen atoms in total. The predicted octanol–water partition coefficient (Wildman–Crippen LogP) is 6.05. The highest BCUT2D eigenvalue weighted by molar-refractivity contribution is 6.17. The Labute approximate surface area is 159 Å². The summed E-state index contributed by atoms with van der Waals surface area (Å²) in [5.74, 6) is 0.301. The van der Waals surface area contributed by atoms with Crippen LogP contribution in [0, 0.1) is 6.92 Å². The molecule has 1 N–H and O–H groups in total. The average Bonchev–Trinajstić information content (AvgIpc) is 2.68. The van der Waals surface area contributed by atoms with E-state index in [4.69, 9.17) is 11.6 Å². The van der Waals surface area contributed by atoms with Gasteiger partial charge in [0, 0.05) is 17.6 Å². The lowest BCUT2D eigenvalue weighted by molar-refractivity contribution is -0.111. The minimum absolute atomic E-state index is 0.163. The lowest BCUT2D eigenvalue weighted by Crippen LogP contribution is -2.07. The van der Waals surface area contributed by atoms with Gasteiger partial charge in [-0.05, 0) is 53.5 Å². The maximum atomic E-state index is 12.1. The van der Waals surface area contributed by atoms with Gasteiger partial charge in [0.2, 0.25) is 5.91 Å². The number of rotatable bonds is 5. The summed E-state index contributed by atoms with van der Waals surface area (Å²) in [6.07, 6.45) is 3.36. The normalized spacial score (nSPS) is 10.8. The van der Waals surface area contributed by atoms with Crippen LogP contribution in [-0.4, -0.2) is 5.91 Å². The number of carbonyl (C=O) groups excluding carboxylic acids is 1. The van der Waals surface area contributed by atoms with Crippen molar-refractivity contribution in [1.82, 2.24) is 0 Å². The van der Waals surface area contributed by atoms with E-state index in [9.17, 15) is 4.79 Å². The minimum atomic E-state index is -0.163. The topological polar surface area (TPSA) is 29.1 Å².